The highest BCUT2D eigenvalue weighted by Gasteiger charge is 2.27. The summed E-state index contributed by atoms with van der Waals surface area (Å²) >= 11 is 0. The summed E-state index contributed by atoms with van der Waals surface area (Å²) in [5.41, 5.74) is 5.34. The molecule has 116 valence electrons. The highest BCUT2D eigenvalue weighted by molar-refractivity contribution is 5.94. The first-order valence-electron chi connectivity index (χ1n) is 8.04. The van der Waals surface area contributed by atoms with Crippen LogP contribution in [0.3, 0.4) is 0 Å². The molecule has 3 aromatic rings. The maximum atomic E-state index is 11.2. The predicted octanol–water partition coefficient (Wildman–Crippen LogP) is 4.57. The van der Waals surface area contributed by atoms with E-state index in [1.807, 2.05) is 6.07 Å². The zero-order chi connectivity index (χ0) is 16.0. The number of hydrogen-bond donors (Lipinski definition) is 1. The third kappa shape index (κ3) is 2.63. The number of benzene rings is 2. The molecular weight excluding hydrogens is 286 g/mol. The van der Waals surface area contributed by atoms with E-state index in [9.17, 15) is 9.90 Å². The van der Waals surface area contributed by atoms with Crippen LogP contribution in [0.1, 0.15) is 46.1 Å². The zero-order valence-electron chi connectivity index (χ0n) is 13.1. The number of carboxylic acid groups (broad SMARTS) is 1. The summed E-state index contributed by atoms with van der Waals surface area (Å²) in [5, 5.41) is 10.2. The Morgan fingerprint density at radius 1 is 1.13 bits per heavy atom. The second-order valence-electron chi connectivity index (χ2n) is 6.48. The lowest BCUT2D eigenvalue weighted by molar-refractivity contribution is 0.0697. The van der Waals surface area contributed by atoms with Gasteiger partial charge in [0.2, 0.25) is 0 Å². The second-order valence-corrected chi connectivity index (χ2v) is 6.48. The normalized spacial score (nSPS) is 14.3. The fraction of sp³-hybridized carbons (Fsp3) is 0.250. The Morgan fingerprint density at radius 3 is 2.52 bits per heavy atom. The van der Waals surface area contributed by atoms with E-state index < -0.39 is 5.97 Å². The summed E-state index contributed by atoms with van der Waals surface area (Å²) in [6.45, 7) is 2.10. The van der Waals surface area contributed by atoms with Gasteiger partial charge >= 0.3 is 5.97 Å². The molecule has 1 heterocycles. The van der Waals surface area contributed by atoms with Crippen molar-refractivity contribution >= 4 is 16.9 Å². The van der Waals surface area contributed by atoms with Gasteiger partial charge in [0, 0.05) is 29.1 Å². The van der Waals surface area contributed by atoms with Gasteiger partial charge in [-0.3, -0.25) is 0 Å². The summed E-state index contributed by atoms with van der Waals surface area (Å²) in [7, 11) is 0. The van der Waals surface area contributed by atoms with Crippen LogP contribution in [0.15, 0.2) is 48.5 Å². The minimum Gasteiger partial charge on any atom is -0.478 e. The van der Waals surface area contributed by atoms with Crippen molar-refractivity contribution in [3.8, 4) is 0 Å². The molecule has 0 aliphatic heterocycles. The van der Waals surface area contributed by atoms with Gasteiger partial charge in [-0.15, -0.1) is 0 Å². The molecule has 0 bridgehead atoms. The summed E-state index contributed by atoms with van der Waals surface area (Å²) in [5.74, 6) is -0.869. The summed E-state index contributed by atoms with van der Waals surface area (Å²) in [6.07, 6.45) is 3.31. The summed E-state index contributed by atoms with van der Waals surface area (Å²) < 4.78 is 2.40. The molecule has 23 heavy (non-hydrogen) atoms. The van der Waals surface area contributed by atoms with Crippen molar-refractivity contribution in [3.63, 3.8) is 0 Å². The van der Waals surface area contributed by atoms with Crippen LogP contribution in [0.5, 0.6) is 0 Å². The number of aromatic carboxylic acids is 1. The Labute approximate surface area is 135 Å². The van der Waals surface area contributed by atoms with Crippen molar-refractivity contribution in [1.82, 2.24) is 4.57 Å². The van der Waals surface area contributed by atoms with Gasteiger partial charge in [-0.05, 0) is 49.6 Å². The Bertz CT molecular complexity index is 886. The molecule has 1 aromatic heterocycles. The zero-order valence-corrected chi connectivity index (χ0v) is 13.1. The maximum absolute atomic E-state index is 11.2. The van der Waals surface area contributed by atoms with E-state index in [1.165, 1.54) is 29.7 Å². The quantitative estimate of drug-likeness (QED) is 0.767. The van der Waals surface area contributed by atoms with Crippen molar-refractivity contribution < 1.29 is 9.90 Å². The van der Waals surface area contributed by atoms with E-state index in [0.29, 0.717) is 11.6 Å². The first-order chi connectivity index (χ1) is 11.1. The van der Waals surface area contributed by atoms with E-state index in [4.69, 9.17) is 0 Å². The maximum Gasteiger partial charge on any atom is 0.335 e. The highest BCUT2D eigenvalue weighted by atomic mass is 16.4. The first-order valence-corrected chi connectivity index (χ1v) is 8.04. The smallest absolute Gasteiger partial charge is 0.335 e. The van der Waals surface area contributed by atoms with Crippen molar-refractivity contribution in [2.45, 2.75) is 32.2 Å². The fourth-order valence-corrected chi connectivity index (χ4v) is 3.24. The molecule has 0 unspecified atom stereocenters. The molecule has 0 atom stereocenters. The van der Waals surface area contributed by atoms with E-state index in [2.05, 4.69) is 41.8 Å². The minimum atomic E-state index is -0.869. The third-order valence-electron chi connectivity index (χ3n) is 4.58. The van der Waals surface area contributed by atoms with Gasteiger partial charge in [0.1, 0.15) is 0 Å². The Hall–Kier alpha value is -2.55. The van der Waals surface area contributed by atoms with Crippen molar-refractivity contribution in [1.29, 1.82) is 0 Å². The Kier molecular flexibility index (Phi) is 3.22. The van der Waals surface area contributed by atoms with Crippen molar-refractivity contribution in [3.05, 3.63) is 70.9 Å². The van der Waals surface area contributed by atoms with Gasteiger partial charge in [0.05, 0.1) is 5.56 Å². The van der Waals surface area contributed by atoms with Crippen LogP contribution in [-0.2, 0) is 6.42 Å². The largest absolute Gasteiger partial charge is 0.478 e. The summed E-state index contributed by atoms with van der Waals surface area (Å²) in [6, 6.07) is 16.8. The number of carboxylic acids is 1. The molecule has 2 aromatic carbocycles. The highest BCUT2D eigenvalue weighted by Crippen LogP contribution is 2.40. The van der Waals surface area contributed by atoms with Crippen LogP contribution in [0, 0.1) is 6.92 Å². The molecule has 0 radical (unpaired) electrons. The van der Waals surface area contributed by atoms with Gasteiger partial charge in [0.25, 0.3) is 0 Å². The Morgan fingerprint density at radius 2 is 1.87 bits per heavy atom. The lowest BCUT2D eigenvalue weighted by Gasteiger charge is -2.10. The molecule has 0 spiro atoms. The number of hydrogen-bond acceptors (Lipinski definition) is 1. The molecule has 1 saturated carbocycles. The SMILES string of the molecule is Cc1ccc(Cc2cc3cc(C(=O)O)ccc3n2C2CC2)cc1. The fourth-order valence-electron chi connectivity index (χ4n) is 3.24. The summed E-state index contributed by atoms with van der Waals surface area (Å²) in [4.78, 5) is 11.2. The molecule has 0 saturated heterocycles. The predicted molar refractivity (Wildman–Crippen MR) is 91.2 cm³/mol. The molecule has 1 fully saturated rings. The van der Waals surface area contributed by atoms with Gasteiger partial charge in [-0.25, -0.2) is 4.79 Å². The minimum absolute atomic E-state index is 0.354. The van der Waals surface area contributed by atoms with E-state index >= 15 is 0 Å². The Balaban J connectivity index is 1.79. The molecule has 1 aliphatic carbocycles. The third-order valence-corrected chi connectivity index (χ3v) is 4.58. The van der Waals surface area contributed by atoms with Crippen LogP contribution >= 0.6 is 0 Å². The van der Waals surface area contributed by atoms with Crippen LogP contribution < -0.4 is 0 Å². The average molecular weight is 305 g/mol. The van der Waals surface area contributed by atoms with Crippen LogP contribution in [-0.4, -0.2) is 15.6 Å². The molecule has 4 rings (SSSR count). The van der Waals surface area contributed by atoms with Crippen molar-refractivity contribution in [2.75, 3.05) is 0 Å². The second kappa shape index (κ2) is 5.27. The molecule has 1 N–H and O–H groups in total. The molecule has 0 amide bonds. The van der Waals surface area contributed by atoms with Crippen LogP contribution in [0.25, 0.3) is 10.9 Å². The van der Waals surface area contributed by atoms with E-state index in [1.54, 1.807) is 12.1 Å². The van der Waals surface area contributed by atoms with Crippen LogP contribution in [0.2, 0.25) is 0 Å². The molecule has 3 heteroatoms. The lowest BCUT2D eigenvalue weighted by Crippen LogP contribution is -2.01. The number of aromatic nitrogens is 1. The monoisotopic (exact) mass is 305 g/mol. The van der Waals surface area contributed by atoms with Gasteiger partial charge in [-0.1, -0.05) is 29.8 Å². The molecular formula is C20H19NO2. The topological polar surface area (TPSA) is 42.2 Å². The lowest BCUT2D eigenvalue weighted by atomic mass is 10.1. The standard InChI is InChI=1S/C20H19NO2/c1-13-2-4-14(5-3-13)10-18-12-16-11-15(20(22)23)6-9-19(16)21(18)17-7-8-17/h2-6,9,11-12,17H,7-8,10H2,1H3,(H,22,23). The number of fused-ring (bicyclic) bond motifs is 1. The van der Waals surface area contributed by atoms with Gasteiger partial charge < -0.3 is 9.67 Å². The van der Waals surface area contributed by atoms with Crippen LogP contribution in [0.4, 0.5) is 0 Å². The molecule has 1 aliphatic rings. The number of aryl methyl sites for hydroxylation is 1. The average Bonchev–Trinajstić information content (AvgIpc) is 3.30. The molecule has 3 nitrogen and oxygen atoms in total. The van der Waals surface area contributed by atoms with E-state index in [0.717, 1.165) is 17.3 Å². The van der Waals surface area contributed by atoms with Crippen molar-refractivity contribution in [2.24, 2.45) is 0 Å². The first kappa shape index (κ1) is 14.1. The van der Waals surface area contributed by atoms with E-state index in [-0.39, 0.29) is 0 Å². The van der Waals surface area contributed by atoms with Gasteiger partial charge in [0.15, 0.2) is 0 Å². The van der Waals surface area contributed by atoms with Gasteiger partial charge in [-0.2, -0.15) is 0 Å². The number of carbonyl (C=O) groups is 1. The number of rotatable bonds is 4. The number of nitrogens with zero attached hydrogens (tertiary/aromatic N) is 1.